The van der Waals surface area contributed by atoms with E-state index in [9.17, 15) is 4.79 Å². The van der Waals surface area contributed by atoms with Gasteiger partial charge in [-0.25, -0.2) is 0 Å². The number of hydrogen-bond donors (Lipinski definition) is 1. The molecule has 0 saturated carbocycles. The molecule has 0 aromatic heterocycles. The third kappa shape index (κ3) is 10.9. The number of carbonyl (C=O) groups is 1. The zero-order valence-corrected chi connectivity index (χ0v) is 16.9. The number of methoxy groups -OCH3 is 1. The van der Waals surface area contributed by atoms with Crippen LogP contribution in [-0.2, 0) is 14.3 Å². The molecule has 1 rings (SSSR count). The summed E-state index contributed by atoms with van der Waals surface area (Å²) in [5.74, 6) is 0.166. The van der Waals surface area contributed by atoms with Crippen molar-refractivity contribution in [2.45, 2.75) is 109 Å². The Balaban J connectivity index is 1.95. The van der Waals surface area contributed by atoms with E-state index in [1.54, 1.807) is 7.11 Å². The SMILES string of the molecule is BC1CC(NC(=O)CCCCCCCCCCCCC)[C@@H](COC)O1. The van der Waals surface area contributed by atoms with E-state index in [2.05, 4.69) is 20.1 Å². The summed E-state index contributed by atoms with van der Waals surface area (Å²) in [7, 11) is 3.73. The molecule has 4 nitrogen and oxygen atoms in total. The van der Waals surface area contributed by atoms with Crippen LogP contribution in [-0.4, -0.2) is 45.6 Å². The van der Waals surface area contributed by atoms with Crippen molar-refractivity contribution in [2.75, 3.05) is 13.7 Å². The van der Waals surface area contributed by atoms with Gasteiger partial charge in [-0.3, -0.25) is 4.79 Å². The molecular formula is C20H40BNO3. The molecule has 1 N–H and O–H groups in total. The second kappa shape index (κ2) is 14.6. The van der Waals surface area contributed by atoms with Gasteiger partial charge in [0.05, 0.1) is 12.6 Å². The van der Waals surface area contributed by atoms with Gasteiger partial charge in [0.1, 0.15) is 14.0 Å². The Morgan fingerprint density at radius 1 is 1.04 bits per heavy atom. The first-order valence-corrected chi connectivity index (χ1v) is 10.6. The van der Waals surface area contributed by atoms with Gasteiger partial charge >= 0.3 is 0 Å². The van der Waals surface area contributed by atoms with Crippen LogP contribution in [0, 0.1) is 0 Å². The van der Waals surface area contributed by atoms with Crippen LogP contribution >= 0.6 is 0 Å². The average molecular weight is 353 g/mol. The summed E-state index contributed by atoms with van der Waals surface area (Å²) in [6, 6.07) is 0.308. The Labute approximate surface area is 156 Å². The largest absolute Gasteiger partial charge is 0.382 e. The first-order chi connectivity index (χ1) is 12.2. The minimum Gasteiger partial charge on any atom is -0.382 e. The molecule has 1 saturated heterocycles. The molecule has 0 aromatic carbocycles. The molecule has 146 valence electrons. The van der Waals surface area contributed by atoms with Crippen LogP contribution in [0.2, 0.25) is 0 Å². The van der Waals surface area contributed by atoms with E-state index in [0.717, 1.165) is 12.8 Å². The van der Waals surface area contributed by atoms with Crippen LogP contribution in [0.25, 0.3) is 0 Å². The van der Waals surface area contributed by atoms with Crippen molar-refractivity contribution < 1.29 is 14.3 Å². The van der Waals surface area contributed by atoms with Crippen LogP contribution in [0.1, 0.15) is 90.4 Å². The number of carbonyl (C=O) groups excluding carboxylic acids is 1. The highest BCUT2D eigenvalue weighted by Gasteiger charge is 2.33. The van der Waals surface area contributed by atoms with E-state index in [4.69, 9.17) is 9.47 Å². The van der Waals surface area contributed by atoms with Gasteiger partial charge in [0.25, 0.3) is 0 Å². The molecule has 0 bridgehead atoms. The van der Waals surface area contributed by atoms with Gasteiger partial charge < -0.3 is 14.8 Å². The van der Waals surface area contributed by atoms with Crippen molar-refractivity contribution in [1.29, 1.82) is 0 Å². The van der Waals surface area contributed by atoms with Gasteiger partial charge in [-0.15, -0.1) is 0 Å². The quantitative estimate of drug-likeness (QED) is 0.362. The fourth-order valence-electron chi connectivity index (χ4n) is 3.66. The molecule has 1 fully saturated rings. The fraction of sp³-hybridized carbons (Fsp3) is 0.950. The van der Waals surface area contributed by atoms with Gasteiger partial charge in [0, 0.05) is 19.5 Å². The minimum absolute atomic E-state index is 0.00118. The van der Waals surface area contributed by atoms with Gasteiger partial charge in [0.15, 0.2) is 0 Å². The summed E-state index contributed by atoms with van der Waals surface area (Å²) in [5, 5.41) is 3.14. The van der Waals surface area contributed by atoms with Crippen LogP contribution in [0.5, 0.6) is 0 Å². The lowest BCUT2D eigenvalue weighted by molar-refractivity contribution is -0.122. The summed E-state index contributed by atoms with van der Waals surface area (Å²) in [6.07, 6.45) is 15.9. The number of rotatable bonds is 15. The second-order valence-corrected chi connectivity index (χ2v) is 7.64. The molecular weight excluding hydrogens is 313 g/mol. The van der Waals surface area contributed by atoms with E-state index in [-0.39, 0.29) is 24.1 Å². The van der Waals surface area contributed by atoms with E-state index in [1.807, 2.05) is 0 Å². The minimum atomic E-state index is 0.00118. The van der Waals surface area contributed by atoms with Crippen LogP contribution in [0.3, 0.4) is 0 Å². The molecule has 3 atom stereocenters. The van der Waals surface area contributed by atoms with Crippen LogP contribution < -0.4 is 5.32 Å². The number of ether oxygens (including phenoxy) is 2. The van der Waals surface area contributed by atoms with E-state index < -0.39 is 0 Å². The van der Waals surface area contributed by atoms with Crippen molar-refractivity contribution in [3.63, 3.8) is 0 Å². The first-order valence-electron chi connectivity index (χ1n) is 10.6. The number of unbranched alkanes of at least 4 members (excludes halogenated alkanes) is 10. The summed E-state index contributed by atoms with van der Waals surface area (Å²) in [4.78, 5) is 12.1. The summed E-state index contributed by atoms with van der Waals surface area (Å²) >= 11 is 0. The third-order valence-corrected chi connectivity index (χ3v) is 5.13. The molecule has 5 heteroatoms. The number of nitrogens with one attached hydrogen (secondary N) is 1. The smallest absolute Gasteiger partial charge is 0.220 e. The lowest BCUT2D eigenvalue weighted by Gasteiger charge is -2.19. The predicted molar refractivity (Wildman–Crippen MR) is 107 cm³/mol. The molecule has 0 aliphatic carbocycles. The van der Waals surface area contributed by atoms with Gasteiger partial charge in [-0.2, -0.15) is 0 Å². The molecule has 1 aliphatic heterocycles. The molecule has 1 aliphatic rings. The molecule has 0 radical (unpaired) electrons. The normalized spacial score (nSPS) is 23.0. The van der Waals surface area contributed by atoms with Crippen LogP contribution in [0.4, 0.5) is 0 Å². The average Bonchev–Trinajstić information content (AvgIpc) is 2.92. The highest BCUT2D eigenvalue weighted by molar-refractivity contribution is 6.11. The van der Waals surface area contributed by atoms with Gasteiger partial charge in [-0.05, 0) is 12.8 Å². The molecule has 0 spiro atoms. The maximum atomic E-state index is 12.1. The number of amides is 1. The second-order valence-electron chi connectivity index (χ2n) is 7.64. The summed E-state index contributed by atoms with van der Waals surface area (Å²) in [5.41, 5.74) is 0. The Kier molecular flexibility index (Phi) is 13.1. The summed E-state index contributed by atoms with van der Waals surface area (Å²) in [6.45, 7) is 2.81. The Morgan fingerprint density at radius 2 is 1.60 bits per heavy atom. The summed E-state index contributed by atoms with van der Waals surface area (Å²) < 4.78 is 11.0. The van der Waals surface area contributed by atoms with E-state index in [1.165, 1.54) is 64.2 Å². The van der Waals surface area contributed by atoms with Crippen molar-refractivity contribution in [1.82, 2.24) is 5.32 Å². The first kappa shape index (κ1) is 22.5. The lowest BCUT2D eigenvalue weighted by atomic mass is 9.95. The lowest BCUT2D eigenvalue weighted by Crippen LogP contribution is -2.42. The fourth-order valence-corrected chi connectivity index (χ4v) is 3.66. The molecule has 1 amide bonds. The van der Waals surface area contributed by atoms with Gasteiger partial charge in [0.2, 0.25) is 5.91 Å². The van der Waals surface area contributed by atoms with E-state index >= 15 is 0 Å². The molecule has 1 heterocycles. The third-order valence-electron chi connectivity index (χ3n) is 5.13. The predicted octanol–water partition coefficient (Wildman–Crippen LogP) is 3.57. The maximum Gasteiger partial charge on any atom is 0.220 e. The zero-order chi connectivity index (χ0) is 18.3. The Bertz CT molecular complexity index is 341. The van der Waals surface area contributed by atoms with E-state index in [0.29, 0.717) is 13.0 Å². The highest BCUT2D eigenvalue weighted by Crippen LogP contribution is 2.19. The maximum absolute atomic E-state index is 12.1. The van der Waals surface area contributed by atoms with Gasteiger partial charge in [-0.1, -0.05) is 71.1 Å². The standard InChI is InChI=1S/C20H40BNO3/c1-3-4-5-6-7-8-9-10-11-12-13-14-20(23)22-17-15-19(21)25-18(17)16-24-2/h17-19H,3-16,21H2,1-2H3,(H,22,23)/t17?,18-,19?/m1/s1. The molecule has 0 aromatic rings. The topological polar surface area (TPSA) is 47.6 Å². The van der Waals surface area contributed by atoms with Crippen molar-refractivity contribution in [2.24, 2.45) is 0 Å². The highest BCUT2D eigenvalue weighted by atomic mass is 16.5. The Morgan fingerprint density at radius 3 is 2.16 bits per heavy atom. The van der Waals surface area contributed by atoms with Crippen molar-refractivity contribution in [3.05, 3.63) is 0 Å². The monoisotopic (exact) mass is 353 g/mol. The zero-order valence-electron chi connectivity index (χ0n) is 16.9. The number of hydrogen-bond acceptors (Lipinski definition) is 3. The molecule has 2 unspecified atom stereocenters. The Hall–Kier alpha value is -0.545. The van der Waals surface area contributed by atoms with Crippen LogP contribution in [0.15, 0.2) is 0 Å². The van der Waals surface area contributed by atoms with Crippen molar-refractivity contribution >= 4 is 13.8 Å². The molecule has 25 heavy (non-hydrogen) atoms. The van der Waals surface area contributed by atoms with Crippen molar-refractivity contribution in [3.8, 4) is 0 Å².